The lowest BCUT2D eigenvalue weighted by atomic mass is 10.2. The summed E-state index contributed by atoms with van der Waals surface area (Å²) in [6, 6.07) is 0. The van der Waals surface area contributed by atoms with E-state index in [1.165, 1.54) is 0 Å². The first kappa shape index (κ1) is 9.11. The lowest BCUT2D eigenvalue weighted by Crippen LogP contribution is -2.19. The summed E-state index contributed by atoms with van der Waals surface area (Å²) in [6.07, 6.45) is 1.10. The minimum Gasteiger partial charge on any atom is -0.505 e. The summed E-state index contributed by atoms with van der Waals surface area (Å²) in [5.41, 5.74) is 3.95. The van der Waals surface area contributed by atoms with E-state index in [9.17, 15) is 14.7 Å². The highest BCUT2D eigenvalue weighted by Crippen LogP contribution is 2.20. The van der Waals surface area contributed by atoms with Crippen molar-refractivity contribution in [3.63, 3.8) is 0 Å². The molecule has 0 aliphatic carbocycles. The number of aromatic nitrogens is 1. The molecule has 0 unspecified atom stereocenters. The van der Waals surface area contributed by atoms with Crippen LogP contribution in [-0.2, 0) is 4.74 Å². The molecule has 0 aliphatic rings. The smallest absolute Gasteiger partial charge is 0.347 e. The maximum Gasteiger partial charge on any atom is 0.347 e. The second kappa shape index (κ2) is 3.18. The van der Waals surface area contributed by atoms with E-state index in [1.54, 1.807) is 0 Å². The van der Waals surface area contributed by atoms with E-state index in [4.69, 9.17) is 5.73 Å². The van der Waals surface area contributed by atoms with E-state index >= 15 is 0 Å². The molecule has 0 aromatic carbocycles. The quantitative estimate of drug-likeness (QED) is 0.508. The number of pyridine rings is 1. The molecule has 0 atom stereocenters. The van der Waals surface area contributed by atoms with Crippen molar-refractivity contribution in [1.29, 1.82) is 0 Å². The number of esters is 1. The molecule has 0 fully saturated rings. The van der Waals surface area contributed by atoms with Crippen LogP contribution in [-0.4, -0.2) is 23.2 Å². The molecule has 4 N–H and O–H groups in total. The topological polar surface area (TPSA) is 105 Å². The van der Waals surface area contributed by atoms with Gasteiger partial charge in [0.15, 0.2) is 11.3 Å². The molecule has 70 valence electrons. The molecule has 6 nitrogen and oxygen atoms in total. The average molecular weight is 184 g/mol. The number of methoxy groups -OCH3 is 1. The van der Waals surface area contributed by atoms with Gasteiger partial charge < -0.3 is 20.6 Å². The Balaban J connectivity index is 3.42. The molecule has 1 rings (SSSR count). The van der Waals surface area contributed by atoms with Crippen LogP contribution >= 0.6 is 0 Å². The van der Waals surface area contributed by atoms with Crippen LogP contribution < -0.4 is 11.3 Å². The van der Waals surface area contributed by atoms with E-state index in [1.807, 2.05) is 0 Å². The summed E-state index contributed by atoms with van der Waals surface area (Å²) in [6.45, 7) is 0. The van der Waals surface area contributed by atoms with Gasteiger partial charge in [-0.2, -0.15) is 0 Å². The van der Waals surface area contributed by atoms with Crippen molar-refractivity contribution in [2.45, 2.75) is 0 Å². The Kier molecular flexibility index (Phi) is 2.23. The first-order valence-corrected chi connectivity index (χ1v) is 3.36. The van der Waals surface area contributed by atoms with Crippen LogP contribution in [0, 0.1) is 0 Å². The van der Waals surface area contributed by atoms with Crippen LogP contribution in [0.3, 0.4) is 0 Å². The van der Waals surface area contributed by atoms with Gasteiger partial charge in [0.05, 0.1) is 12.8 Å². The van der Waals surface area contributed by atoms with Crippen LogP contribution in [0.15, 0.2) is 11.0 Å². The molecular formula is C7H8N2O4. The second-order valence-electron chi connectivity index (χ2n) is 2.29. The molecule has 0 aliphatic heterocycles. The number of nitrogens with one attached hydrogen (secondary N) is 1. The Labute approximate surface area is 73.0 Å². The van der Waals surface area contributed by atoms with Gasteiger partial charge in [-0.3, -0.25) is 4.79 Å². The zero-order valence-electron chi connectivity index (χ0n) is 6.83. The Bertz CT molecular complexity index is 396. The van der Waals surface area contributed by atoms with Gasteiger partial charge in [-0.05, 0) is 0 Å². The van der Waals surface area contributed by atoms with Crippen molar-refractivity contribution in [2.75, 3.05) is 12.8 Å². The largest absolute Gasteiger partial charge is 0.505 e. The maximum absolute atomic E-state index is 11.0. The Morgan fingerprint density at radius 3 is 2.85 bits per heavy atom. The molecule has 6 heteroatoms. The van der Waals surface area contributed by atoms with E-state index < -0.39 is 22.8 Å². The zero-order chi connectivity index (χ0) is 10.0. The first-order valence-electron chi connectivity index (χ1n) is 3.36. The van der Waals surface area contributed by atoms with Crippen LogP contribution in [0.4, 0.5) is 5.69 Å². The average Bonchev–Trinajstić information content (AvgIpc) is 2.12. The lowest BCUT2D eigenvalue weighted by molar-refractivity contribution is 0.0595. The Morgan fingerprint density at radius 1 is 1.69 bits per heavy atom. The summed E-state index contributed by atoms with van der Waals surface area (Å²) in [5.74, 6) is -1.48. The molecule has 1 aromatic rings. The van der Waals surface area contributed by atoms with Gasteiger partial charge in [0.2, 0.25) is 0 Å². The van der Waals surface area contributed by atoms with Gasteiger partial charge in [-0.1, -0.05) is 0 Å². The first-order chi connectivity index (χ1) is 6.07. The summed E-state index contributed by atoms with van der Waals surface area (Å²) in [7, 11) is 1.10. The van der Waals surface area contributed by atoms with Crippen molar-refractivity contribution >= 4 is 11.7 Å². The number of hydrogen-bond acceptors (Lipinski definition) is 5. The molecule has 0 saturated carbocycles. The Morgan fingerprint density at radius 2 is 2.31 bits per heavy atom. The van der Waals surface area contributed by atoms with E-state index in [2.05, 4.69) is 9.72 Å². The van der Waals surface area contributed by atoms with E-state index in [0.29, 0.717) is 0 Å². The normalized spacial score (nSPS) is 9.62. The molecular weight excluding hydrogens is 176 g/mol. The van der Waals surface area contributed by atoms with E-state index in [0.717, 1.165) is 13.3 Å². The van der Waals surface area contributed by atoms with Gasteiger partial charge in [0, 0.05) is 6.20 Å². The highest BCUT2D eigenvalue weighted by atomic mass is 16.5. The van der Waals surface area contributed by atoms with Gasteiger partial charge in [0.1, 0.15) is 0 Å². The molecule has 1 aromatic heterocycles. The third-order valence-electron chi connectivity index (χ3n) is 1.49. The molecule has 0 radical (unpaired) electrons. The summed E-state index contributed by atoms with van der Waals surface area (Å²) in [4.78, 5) is 24.2. The van der Waals surface area contributed by atoms with Crippen molar-refractivity contribution in [3.05, 3.63) is 22.1 Å². The summed E-state index contributed by atoms with van der Waals surface area (Å²) >= 11 is 0. The second-order valence-corrected chi connectivity index (χ2v) is 2.29. The SMILES string of the molecule is COC(=O)c1c(O)c(N)c[nH]c1=O. The van der Waals surface area contributed by atoms with Crippen LogP contribution in [0.5, 0.6) is 5.75 Å². The number of aromatic hydroxyl groups is 1. The maximum atomic E-state index is 11.0. The predicted octanol–water partition coefficient (Wildman–Crippen LogP) is -0.551. The molecule has 0 bridgehead atoms. The third kappa shape index (κ3) is 1.46. The van der Waals surface area contributed by atoms with E-state index in [-0.39, 0.29) is 5.69 Å². The number of carbonyl (C=O) groups is 1. The van der Waals surface area contributed by atoms with Crippen LogP contribution in [0.25, 0.3) is 0 Å². The van der Waals surface area contributed by atoms with Gasteiger partial charge in [-0.25, -0.2) is 4.79 Å². The minimum absolute atomic E-state index is 0.0833. The fraction of sp³-hybridized carbons (Fsp3) is 0.143. The number of hydrogen-bond donors (Lipinski definition) is 3. The number of carbonyl (C=O) groups excluding carboxylic acids is 1. The highest BCUT2D eigenvalue weighted by Gasteiger charge is 2.18. The van der Waals surface area contributed by atoms with Crippen molar-refractivity contribution in [3.8, 4) is 5.75 Å². The van der Waals surface area contributed by atoms with Crippen molar-refractivity contribution < 1.29 is 14.6 Å². The number of nitrogens with two attached hydrogens (primary N) is 1. The molecule has 1 heterocycles. The van der Waals surface area contributed by atoms with Crippen molar-refractivity contribution in [1.82, 2.24) is 4.98 Å². The molecule has 0 saturated heterocycles. The number of aromatic amines is 1. The fourth-order valence-electron chi connectivity index (χ4n) is 0.827. The van der Waals surface area contributed by atoms with Gasteiger partial charge in [-0.15, -0.1) is 0 Å². The van der Waals surface area contributed by atoms with Crippen molar-refractivity contribution in [2.24, 2.45) is 0 Å². The predicted molar refractivity (Wildman–Crippen MR) is 44.5 cm³/mol. The summed E-state index contributed by atoms with van der Waals surface area (Å²) < 4.78 is 4.28. The van der Waals surface area contributed by atoms with Gasteiger partial charge >= 0.3 is 5.97 Å². The highest BCUT2D eigenvalue weighted by molar-refractivity contribution is 5.93. The fourth-order valence-corrected chi connectivity index (χ4v) is 0.827. The monoisotopic (exact) mass is 184 g/mol. The minimum atomic E-state index is -0.925. The standard InChI is InChI=1S/C7H8N2O4/c1-13-7(12)4-5(10)3(8)2-9-6(4)11/h2H,8H2,1H3,(H2,9,10,11). The number of rotatable bonds is 1. The number of nitrogen functional groups attached to an aromatic ring is 1. The number of anilines is 1. The number of ether oxygens (including phenoxy) is 1. The lowest BCUT2D eigenvalue weighted by Gasteiger charge is -2.02. The molecule has 13 heavy (non-hydrogen) atoms. The molecule has 0 spiro atoms. The van der Waals surface area contributed by atoms with Crippen LogP contribution in [0.2, 0.25) is 0 Å². The summed E-state index contributed by atoms with van der Waals surface area (Å²) in [5, 5.41) is 9.23. The Hall–Kier alpha value is -1.98. The molecule has 0 amide bonds. The van der Waals surface area contributed by atoms with Gasteiger partial charge in [0.25, 0.3) is 5.56 Å². The third-order valence-corrected chi connectivity index (χ3v) is 1.49. The zero-order valence-corrected chi connectivity index (χ0v) is 6.83. The van der Waals surface area contributed by atoms with Crippen LogP contribution in [0.1, 0.15) is 10.4 Å². The number of H-pyrrole nitrogens is 1.